The molecule has 86 valence electrons. The molecule has 5 nitrogen and oxygen atoms in total. The summed E-state index contributed by atoms with van der Waals surface area (Å²) in [6.07, 6.45) is 0. The van der Waals surface area contributed by atoms with Gasteiger partial charge in [-0.15, -0.1) is 0 Å². The van der Waals surface area contributed by atoms with Crippen LogP contribution in [-0.2, 0) is 0 Å². The Hall–Kier alpha value is -1.62. The SMILES string of the molecule is Cc1ccc([N+](=O)[O-])cc1N1CCNCC1. The van der Waals surface area contributed by atoms with Gasteiger partial charge in [-0.1, -0.05) is 6.07 Å². The van der Waals surface area contributed by atoms with Gasteiger partial charge in [0, 0.05) is 44.0 Å². The Morgan fingerprint density at radius 3 is 2.69 bits per heavy atom. The Morgan fingerprint density at radius 2 is 2.06 bits per heavy atom. The molecule has 1 aromatic rings. The predicted octanol–water partition coefficient (Wildman–Crippen LogP) is 1.31. The summed E-state index contributed by atoms with van der Waals surface area (Å²) in [6.45, 7) is 5.66. The van der Waals surface area contributed by atoms with E-state index in [2.05, 4.69) is 10.2 Å². The molecule has 16 heavy (non-hydrogen) atoms. The van der Waals surface area contributed by atoms with Crippen molar-refractivity contribution in [2.24, 2.45) is 0 Å². The summed E-state index contributed by atoms with van der Waals surface area (Å²) < 4.78 is 0. The van der Waals surface area contributed by atoms with E-state index in [4.69, 9.17) is 0 Å². The Kier molecular flexibility index (Phi) is 3.05. The lowest BCUT2D eigenvalue weighted by atomic mass is 10.1. The van der Waals surface area contributed by atoms with Crippen molar-refractivity contribution in [3.8, 4) is 0 Å². The zero-order chi connectivity index (χ0) is 11.5. The highest BCUT2D eigenvalue weighted by Crippen LogP contribution is 2.25. The Balaban J connectivity index is 2.30. The van der Waals surface area contributed by atoms with Gasteiger partial charge in [0.2, 0.25) is 0 Å². The Labute approximate surface area is 94.2 Å². The van der Waals surface area contributed by atoms with Crippen molar-refractivity contribution in [3.05, 3.63) is 33.9 Å². The smallest absolute Gasteiger partial charge is 0.271 e. The third-order valence-corrected chi connectivity index (χ3v) is 2.86. The van der Waals surface area contributed by atoms with Crippen molar-refractivity contribution in [1.82, 2.24) is 5.32 Å². The molecule has 1 aliphatic heterocycles. The number of benzene rings is 1. The van der Waals surface area contributed by atoms with Crippen LogP contribution in [0, 0.1) is 17.0 Å². The van der Waals surface area contributed by atoms with Gasteiger partial charge in [-0.2, -0.15) is 0 Å². The molecular formula is C11H15N3O2. The molecule has 0 aromatic heterocycles. The molecule has 0 spiro atoms. The van der Waals surface area contributed by atoms with E-state index < -0.39 is 0 Å². The summed E-state index contributed by atoms with van der Waals surface area (Å²) in [5, 5.41) is 14.0. The van der Waals surface area contributed by atoms with Crippen molar-refractivity contribution in [2.75, 3.05) is 31.1 Å². The van der Waals surface area contributed by atoms with Crippen LogP contribution >= 0.6 is 0 Å². The number of rotatable bonds is 2. The van der Waals surface area contributed by atoms with Crippen LogP contribution < -0.4 is 10.2 Å². The second kappa shape index (κ2) is 4.49. The van der Waals surface area contributed by atoms with Crippen molar-refractivity contribution in [1.29, 1.82) is 0 Å². The maximum absolute atomic E-state index is 10.7. The highest BCUT2D eigenvalue weighted by atomic mass is 16.6. The van der Waals surface area contributed by atoms with Gasteiger partial charge in [0.25, 0.3) is 5.69 Å². The number of nitrogens with one attached hydrogen (secondary N) is 1. The van der Waals surface area contributed by atoms with Crippen LogP contribution in [0.15, 0.2) is 18.2 Å². The zero-order valence-corrected chi connectivity index (χ0v) is 9.27. The van der Waals surface area contributed by atoms with Crippen molar-refractivity contribution in [2.45, 2.75) is 6.92 Å². The Morgan fingerprint density at radius 1 is 1.38 bits per heavy atom. The second-order valence-corrected chi connectivity index (χ2v) is 3.96. The summed E-state index contributed by atoms with van der Waals surface area (Å²) in [5.41, 5.74) is 2.24. The van der Waals surface area contributed by atoms with Crippen LogP contribution in [0.25, 0.3) is 0 Å². The fourth-order valence-corrected chi connectivity index (χ4v) is 1.96. The van der Waals surface area contributed by atoms with E-state index >= 15 is 0 Å². The number of hydrogen-bond donors (Lipinski definition) is 1. The molecule has 1 fully saturated rings. The first-order chi connectivity index (χ1) is 7.68. The lowest BCUT2D eigenvalue weighted by Gasteiger charge is -2.30. The molecular weight excluding hydrogens is 206 g/mol. The molecule has 0 saturated carbocycles. The number of hydrogen-bond acceptors (Lipinski definition) is 4. The summed E-state index contributed by atoms with van der Waals surface area (Å²) in [7, 11) is 0. The molecule has 1 aromatic carbocycles. The average molecular weight is 221 g/mol. The quantitative estimate of drug-likeness (QED) is 0.604. The summed E-state index contributed by atoms with van der Waals surface area (Å²) in [5.74, 6) is 0. The lowest BCUT2D eigenvalue weighted by Crippen LogP contribution is -2.43. The van der Waals surface area contributed by atoms with Gasteiger partial charge in [0.1, 0.15) is 0 Å². The molecule has 1 saturated heterocycles. The van der Waals surface area contributed by atoms with E-state index in [1.54, 1.807) is 12.1 Å². The number of nitrogens with zero attached hydrogens (tertiary/aromatic N) is 2. The largest absolute Gasteiger partial charge is 0.369 e. The van der Waals surface area contributed by atoms with Crippen molar-refractivity contribution < 1.29 is 4.92 Å². The van der Waals surface area contributed by atoms with Crippen LogP contribution in [0.1, 0.15) is 5.56 Å². The third kappa shape index (κ3) is 2.14. The normalized spacial score (nSPS) is 16.2. The number of piperazine rings is 1. The lowest BCUT2D eigenvalue weighted by molar-refractivity contribution is -0.384. The number of nitro groups is 1. The van der Waals surface area contributed by atoms with E-state index in [-0.39, 0.29) is 10.6 Å². The van der Waals surface area contributed by atoms with Crippen LogP contribution in [-0.4, -0.2) is 31.1 Å². The predicted molar refractivity (Wildman–Crippen MR) is 62.9 cm³/mol. The minimum atomic E-state index is -0.342. The van der Waals surface area contributed by atoms with Gasteiger partial charge in [-0.3, -0.25) is 10.1 Å². The molecule has 0 bridgehead atoms. The van der Waals surface area contributed by atoms with Crippen molar-refractivity contribution in [3.63, 3.8) is 0 Å². The minimum Gasteiger partial charge on any atom is -0.369 e. The summed E-state index contributed by atoms with van der Waals surface area (Å²) in [6, 6.07) is 5.04. The Bertz CT molecular complexity index is 400. The van der Waals surface area contributed by atoms with E-state index in [0.717, 1.165) is 37.4 Å². The molecule has 5 heteroatoms. The fraction of sp³-hybridized carbons (Fsp3) is 0.455. The standard InChI is InChI=1S/C11H15N3O2/c1-9-2-3-10(14(15)16)8-11(9)13-6-4-12-5-7-13/h2-3,8,12H,4-7H2,1H3. The van der Waals surface area contributed by atoms with Crippen molar-refractivity contribution >= 4 is 11.4 Å². The fourth-order valence-electron chi connectivity index (χ4n) is 1.96. The first kappa shape index (κ1) is 10.9. The maximum atomic E-state index is 10.7. The number of non-ortho nitro benzene ring substituents is 1. The van der Waals surface area contributed by atoms with E-state index in [1.807, 2.05) is 13.0 Å². The molecule has 0 aliphatic carbocycles. The summed E-state index contributed by atoms with van der Waals surface area (Å²) in [4.78, 5) is 12.6. The van der Waals surface area contributed by atoms with Crippen LogP contribution in [0.3, 0.4) is 0 Å². The number of aryl methyl sites for hydroxylation is 1. The number of nitro benzene ring substituents is 1. The van der Waals surface area contributed by atoms with Crippen LogP contribution in [0.2, 0.25) is 0 Å². The van der Waals surface area contributed by atoms with E-state index in [1.165, 1.54) is 0 Å². The molecule has 0 atom stereocenters. The second-order valence-electron chi connectivity index (χ2n) is 3.96. The first-order valence-corrected chi connectivity index (χ1v) is 5.39. The minimum absolute atomic E-state index is 0.166. The maximum Gasteiger partial charge on any atom is 0.271 e. The van der Waals surface area contributed by atoms with Crippen LogP contribution in [0.4, 0.5) is 11.4 Å². The average Bonchev–Trinajstić information content (AvgIpc) is 2.30. The van der Waals surface area contributed by atoms with Gasteiger partial charge in [0.15, 0.2) is 0 Å². The van der Waals surface area contributed by atoms with E-state index in [0.29, 0.717) is 0 Å². The third-order valence-electron chi connectivity index (χ3n) is 2.86. The highest BCUT2D eigenvalue weighted by molar-refractivity contribution is 5.59. The summed E-state index contributed by atoms with van der Waals surface area (Å²) >= 11 is 0. The van der Waals surface area contributed by atoms with E-state index in [9.17, 15) is 10.1 Å². The zero-order valence-electron chi connectivity index (χ0n) is 9.27. The monoisotopic (exact) mass is 221 g/mol. The molecule has 0 amide bonds. The molecule has 2 rings (SSSR count). The highest BCUT2D eigenvalue weighted by Gasteiger charge is 2.15. The van der Waals surface area contributed by atoms with Gasteiger partial charge in [-0.05, 0) is 12.5 Å². The molecule has 0 unspecified atom stereocenters. The molecule has 1 aliphatic rings. The van der Waals surface area contributed by atoms with Gasteiger partial charge >= 0.3 is 0 Å². The van der Waals surface area contributed by atoms with Gasteiger partial charge in [-0.25, -0.2) is 0 Å². The molecule has 0 radical (unpaired) electrons. The van der Waals surface area contributed by atoms with Gasteiger partial charge in [0.05, 0.1) is 4.92 Å². The molecule has 1 heterocycles. The topological polar surface area (TPSA) is 58.4 Å². The van der Waals surface area contributed by atoms with Gasteiger partial charge < -0.3 is 10.2 Å². The van der Waals surface area contributed by atoms with Crippen LogP contribution in [0.5, 0.6) is 0 Å². The first-order valence-electron chi connectivity index (χ1n) is 5.39. The molecule has 1 N–H and O–H groups in total. The number of anilines is 1.